The number of carbonyl (C=O) groups is 2. The molecule has 0 aliphatic rings. The van der Waals surface area contributed by atoms with Crippen molar-refractivity contribution in [2.24, 2.45) is 5.73 Å². The minimum atomic E-state index is -3.71. The highest BCUT2D eigenvalue weighted by molar-refractivity contribution is 7.92. The van der Waals surface area contributed by atoms with Gasteiger partial charge in [-0.1, -0.05) is 0 Å². The van der Waals surface area contributed by atoms with Crippen LogP contribution in [0.4, 0.5) is 0 Å². The number of hydrogen-bond acceptors (Lipinski definition) is 5. The lowest BCUT2D eigenvalue weighted by Gasteiger charge is -2.11. The molecule has 0 aliphatic heterocycles. The van der Waals surface area contributed by atoms with Crippen LogP contribution in [-0.4, -0.2) is 57.6 Å². The third-order valence-electron chi connectivity index (χ3n) is 3.17. The summed E-state index contributed by atoms with van der Waals surface area (Å²) in [6.07, 6.45) is 0.658. The van der Waals surface area contributed by atoms with Gasteiger partial charge >= 0.3 is 0 Å². The third-order valence-corrected chi connectivity index (χ3v) is 4.79. The second kappa shape index (κ2) is 9.61. The van der Waals surface area contributed by atoms with E-state index in [0.29, 0.717) is 18.5 Å². The minimum Gasteiger partial charge on any atom is -0.352 e. The molecule has 0 saturated heterocycles. The van der Waals surface area contributed by atoms with Gasteiger partial charge in [-0.25, -0.2) is 8.42 Å². The van der Waals surface area contributed by atoms with E-state index in [-0.39, 0.29) is 29.3 Å². The van der Waals surface area contributed by atoms with Crippen molar-refractivity contribution < 1.29 is 18.0 Å². The fraction of sp³-hybridized carbons (Fsp3) is 0.467. The van der Waals surface area contributed by atoms with Crippen LogP contribution in [0.5, 0.6) is 0 Å². The van der Waals surface area contributed by atoms with Gasteiger partial charge in [0, 0.05) is 32.2 Å². The Morgan fingerprint density at radius 2 is 1.75 bits per heavy atom. The minimum absolute atomic E-state index is 0. The van der Waals surface area contributed by atoms with E-state index in [1.54, 1.807) is 0 Å². The largest absolute Gasteiger partial charge is 0.352 e. The van der Waals surface area contributed by atoms with Crippen molar-refractivity contribution in [1.82, 2.24) is 10.2 Å². The topological polar surface area (TPSA) is 110 Å². The Morgan fingerprint density at radius 1 is 1.21 bits per heavy atom. The smallest absolute Gasteiger partial charge is 0.251 e. The average Bonchev–Trinajstić information content (AvgIpc) is 2.46. The molecule has 24 heavy (non-hydrogen) atoms. The van der Waals surface area contributed by atoms with E-state index in [2.05, 4.69) is 5.32 Å². The summed E-state index contributed by atoms with van der Waals surface area (Å²) in [5, 5.41) is 2.71. The number of benzene rings is 1. The van der Waals surface area contributed by atoms with Crippen LogP contribution >= 0.6 is 12.4 Å². The number of carbonyl (C=O) groups excluding carboxylic acids is 2. The first-order valence-electron chi connectivity index (χ1n) is 7.20. The van der Waals surface area contributed by atoms with Crippen molar-refractivity contribution in [3.8, 4) is 0 Å². The molecular weight excluding hydrogens is 354 g/mol. The Kier molecular flexibility index (Phi) is 8.95. The number of amides is 2. The molecule has 1 rings (SSSR count). The zero-order chi connectivity index (χ0) is 17.6. The van der Waals surface area contributed by atoms with Crippen molar-refractivity contribution in [3.05, 3.63) is 29.8 Å². The first-order valence-corrected chi connectivity index (χ1v) is 8.85. The van der Waals surface area contributed by atoms with Crippen LogP contribution in [0.15, 0.2) is 29.2 Å². The van der Waals surface area contributed by atoms with Crippen molar-refractivity contribution in [1.29, 1.82) is 0 Å². The van der Waals surface area contributed by atoms with E-state index < -0.39 is 21.5 Å². The molecule has 1 unspecified atom stereocenters. The Labute approximate surface area is 148 Å². The van der Waals surface area contributed by atoms with Crippen LogP contribution in [0.3, 0.4) is 0 Å². The fourth-order valence-electron chi connectivity index (χ4n) is 1.70. The molecule has 2 amide bonds. The summed E-state index contributed by atoms with van der Waals surface area (Å²) in [5.41, 5.74) is 5.95. The van der Waals surface area contributed by atoms with E-state index >= 15 is 0 Å². The highest BCUT2D eigenvalue weighted by Crippen LogP contribution is 2.13. The molecule has 0 heterocycles. The lowest BCUT2D eigenvalue weighted by Crippen LogP contribution is -2.29. The van der Waals surface area contributed by atoms with Crippen molar-refractivity contribution in [2.75, 3.05) is 26.4 Å². The molecular formula is C15H24ClN3O4S. The lowest BCUT2D eigenvalue weighted by atomic mass is 10.2. The van der Waals surface area contributed by atoms with Crippen LogP contribution in [0, 0.1) is 0 Å². The van der Waals surface area contributed by atoms with E-state index in [1.807, 2.05) is 6.92 Å². The van der Waals surface area contributed by atoms with Crippen LogP contribution in [0.25, 0.3) is 0 Å². The molecule has 1 aromatic rings. The summed E-state index contributed by atoms with van der Waals surface area (Å²) in [6.45, 7) is 2.30. The van der Waals surface area contributed by atoms with Gasteiger partial charge in [-0.15, -0.1) is 12.4 Å². The van der Waals surface area contributed by atoms with Gasteiger partial charge in [-0.2, -0.15) is 0 Å². The predicted octanol–water partition coefficient (Wildman–Crippen LogP) is 0.437. The Morgan fingerprint density at radius 3 is 2.21 bits per heavy atom. The van der Waals surface area contributed by atoms with Gasteiger partial charge in [0.2, 0.25) is 5.91 Å². The Hall–Kier alpha value is -1.64. The summed E-state index contributed by atoms with van der Waals surface area (Å²) >= 11 is 0. The third kappa shape index (κ3) is 6.86. The molecule has 3 N–H and O–H groups in total. The van der Waals surface area contributed by atoms with Crippen molar-refractivity contribution >= 4 is 34.1 Å². The van der Waals surface area contributed by atoms with Gasteiger partial charge in [0.05, 0.1) is 4.90 Å². The molecule has 0 spiro atoms. The molecule has 7 nitrogen and oxygen atoms in total. The van der Waals surface area contributed by atoms with E-state index in [4.69, 9.17) is 5.73 Å². The maximum absolute atomic E-state index is 12.1. The SMILES string of the molecule is CC(N)CCNC(=O)c1ccc(S(=O)(=O)CC(=O)N(C)C)cc1.Cl. The lowest BCUT2D eigenvalue weighted by molar-refractivity contribution is -0.125. The highest BCUT2D eigenvalue weighted by atomic mass is 35.5. The molecule has 0 bridgehead atoms. The molecule has 1 atom stereocenters. The van der Waals surface area contributed by atoms with Crippen LogP contribution in [0.2, 0.25) is 0 Å². The first-order chi connectivity index (χ1) is 10.6. The summed E-state index contributed by atoms with van der Waals surface area (Å²) in [4.78, 5) is 24.7. The van der Waals surface area contributed by atoms with E-state index in [0.717, 1.165) is 0 Å². The molecule has 1 aromatic carbocycles. The van der Waals surface area contributed by atoms with Gasteiger partial charge in [0.15, 0.2) is 9.84 Å². The number of halogens is 1. The number of nitrogens with one attached hydrogen (secondary N) is 1. The number of nitrogens with zero attached hydrogens (tertiary/aromatic N) is 1. The maximum Gasteiger partial charge on any atom is 0.251 e. The van der Waals surface area contributed by atoms with Crippen molar-refractivity contribution in [3.63, 3.8) is 0 Å². The maximum atomic E-state index is 12.1. The van der Waals surface area contributed by atoms with Gasteiger partial charge in [0.25, 0.3) is 5.91 Å². The molecule has 0 radical (unpaired) electrons. The van der Waals surface area contributed by atoms with Gasteiger partial charge in [0.1, 0.15) is 5.75 Å². The van der Waals surface area contributed by atoms with E-state index in [9.17, 15) is 18.0 Å². The summed E-state index contributed by atoms with van der Waals surface area (Å²) < 4.78 is 24.2. The van der Waals surface area contributed by atoms with Crippen molar-refractivity contribution in [2.45, 2.75) is 24.3 Å². The first kappa shape index (κ1) is 22.4. The van der Waals surface area contributed by atoms with Gasteiger partial charge in [-0.05, 0) is 37.6 Å². The molecule has 9 heteroatoms. The van der Waals surface area contributed by atoms with Crippen LogP contribution in [0.1, 0.15) is 23.7 Å². The fourth-order valence-corrected chi connectivity index (χ4v) is 3.00. The molecule has 0 aliphatic carbocycles. The predicted molar refractivity (Wildman–Crippen MR) is 95.0 cm³/mol. The van der Waals surface area contributed by atoms with E-state index in [1.165, 1.54) is 43.3 Å². The standard InChI is InChI=1S/C15H23N3O4S.ClH/c1-11(16)8-9-17-15(20)12-4-6-13(7-5-12)23(21,22)10-14(19)18(2)3;/h4-7,11H,8-10,16H2,1-3H3,(H,17,20);1H. The van der Waals surface area contributed by atoms with Crippen LogP contribution < -0.4 is 11.1 Å². The van der Waals surface area contributed by atoms with Gasteiger partial charge < -0.3 is 16.0 Å². The molecule has 0 fully saturated rings. The second-order valence-corrected chi connectivity index (χ2v) is 7.58. The van der Waals surface area contributed by atoms with Crippen LogP contribution in [-0.2, 0) is 14.6 Å². The number of sulfone groups is 1. The second-order valence-electron chi connectivity index (χ2n) is 5.59. The normalized spacial score (nSPS) is 12.0. The number of rotatable bonds is 7. The van der Waals surface area contributed by atoms with Gasteiger partial charge in [-0.3, -0.25) is 9.59 Å². The molecule has 136 valence electrons. The monoisotopic (exact) mass is 377 g/mol. The Bertz CT molecular complexity index is 658. The number of nitrogens with two attached hydrogens (primary N) is 1. The molecule has 0 aromatic heterocycles. The quantitative estimate of drug-likeness (QED) is 0.716. The zero-order valence-corrected chi connectivity index (χ0v) is 15.6. The number of hydrogen-bond donors (Lipinski definition) is 2. The average molecular weight is 378 g/mol. The summed E-state index contributed by atoms with van der Waals surface area (Å²) in [6, 6.07) is 5.51. The summed E-state index contributed by atoms with van der Waals surface area (Å²) in [7, 11) is -0.728. The summed E-state index contributed by atoms with van der Waals surface area (Å²) in [5.74, 6) is -1.39. The zero-order valence-electron chi connectivity index (χ0n) is 14.0. The molecule has 0 saturated carbocycles. The highest BCUT2D eigenvalue weighted by Gasteiger charge is 2.20. The Balaban J connectivity index is 0.00000529.